The number of aromatic nitrogens is 2. The summed E-state index contributed by atoms with van der Waals surface area (Å²) < 4.78 is 2.10. The molecule has 1 unspecified atom stereocenters. The van der Waals surface area contributed by atoms with Crippen LogP contribution in [0.15, 0.2) is 18.7 Å². The molecular formula is C10H18N4. The summed E-state index contributed by atoms with van der Waals surface area (Å²) in [7, 11) is 2.18. The quantitative estimate of drug-likeness (QED) is 0.742. The van der Waals surface area contributed by atoms with E-state index < -0.39 is 0 Å². The minimum Gasteiger partial charge on any atom is -0.336 e. The summed E-state index contributed by atoms with van der Waals surface area (Å²) in [5, 5.41) is 3.56. The van der Waals surface area contributed by atoms with Crippen molar-refractivity contribution < 1.29 is 0 Å². The fourth-order valence-electron chi connectivity index (χ4n) is 1.92. The maximum atomic E-state index is 4.01. The van der Waals surface area contributed by atoms with Crippen molar-refractivity contribution in [3.63, 3.8) is 0 Å². The molecule has 1 atom stereocenters. The minimum atomic E-state index is 0.684. The van der Waals surface area contributed by atoms with Gasteiger partial charge in [0.25, 0.3) is 0 Å². The lowest BCUT2D eigenvalue weighted by atomic mass is 10.2. The van der Waals surface area contributed by atoms with Gasteiger partial charge in [-0.3, -0.25) is 0 Å². The Morgan fingerprint density at radius 1 is 1.57 bits per heavy atom. The van der Waals surface area contributed by atoms with Crippen LogP contribution in [0, 0.1) is 0 Å². The van der Waals surface area contributed by atoms with Gasteiger partial charge in [0.15, 0.2) is 0 Å². The van der Waals surface area contributed by atoms with E-state index in [0.717, 1.165) is 13.1 Å². The Hall–Kier alpha value is -0.870. The van der Waals surface area contributed by atoms with Crippen LogP contribution in [0.5, 0.6) is 0 Å². The number of rotatable bonds is 4. The molecule has 0 bridgehead atoms. The molecule has 0 amide bonds. The van der Waals surface area contributed by atoms with Crippen molar-refractivity contribution in [3.05, 3.63) is 18.7 Å². The molecule has 1 aliphatic rings. The van der Waals surface area contributed by atoms with E-state index in [0.29, 0.717) is 6.04 Å². The van der Waals surface area contributed by atoms with Crippen molar-refractivity contribution in [3.8, 4) is 0 Å². The molecule has 4 heteroatoms. The van der Waals surface area contributed by atoms with E-state index >= 15 is 0 Å². The molecule has 1 saturated heterocycles. The highest BCUT2D eigenvalue weighted by molar-refractivity contribution is 4.79. The third-order valence-corrected chi connectivity index (χ3v) is 2.75. The van der Waals surface area contributed by atoms with Crippen LogP contribution < -0.4 is 5.32 Å². The zero-order valence-corrected chi connectivity index (χ0v) is 8.69. The summed E-state index contributed by atoms with van der Waals surface area (Å²) in [5.41, 5.74) is 0. The van der Waals surface area contributed by atoms with Crippen LogP contribution in [-0.4, -0.2) is 47.2 Å². The number of likely N-dealkylation sites (N-methyl/N-ethyl adjacent to an activating group) is 1. The second-order valence-electron chi connectivity index (χ2n) is 4.00. The Bertz CT molecular complexity index is 257. The smallest absolute Gasteiger partial charge is 0.0946 e. The van der Waals surface area contributed by atoms with Crippen LogP contribution in [-0.2, 0) is 6.54 Å². The highest BCUT2D eigenvalue weighted by Gasteiger charge is 2.17. The number of nitrogens with one attached hydrogen (secondary N) is 1. The van der Waals surface area contributed by atoms with E-state index in [1.54, 1.807) is 0 Å². The molecule has 0 aliphatic carbocycles. The lowest BCUT2D eigenvalue weighted by Crippen LogP contribution is -2.33. The summed E-state index contributed by atoms with van der Waals surface area (Å²) in [5.74, 6) is 0. The van der Waals surface area contributed by atoms with Crippen LogP contribution in [0.3, 0.4) is 0 Å². The molecule has 14 heavy (non-hydrogen) atoms. The first-order valence-electron chi connectivity index (χ1n) is 5.22. The molecule has 1 aromatic heterocycles. The van der Waals surface area contributed by atoms with Crippen molar-refractivity contribution >= 4 is 0 Å². The monoisotopic (exact) mass is 194 g/mol. The van der Waals surface area contributed by atoms with Crippen molar-refractivity contribution in [2.45, 2.75) is 19.0 Å². The van der Waals surface area contributed by atoms with Gasteiger partial charge in [-0.05, 0) is 20.0 Å². The van der Waals surface area contributed by atoms with E-state index in [4.69, 9.17) is 0 Å². The average molecular weight is 194 g/mol. The first-order valence-corrected chi connectivity index (χ1v) is 5.22. The van der Waals surface area contributed by atoms with Crippen LogP contribution in [0.4, 0.5) is 0 Å². The van der Waals surface area contributed by atoms with Gasteiger partial charge < -0.3 is 14.8 Å². The maximum absolute atomic E-state index is 4.01. The number of likely N-dealkylation sites (tertiary alicyclic amines) is 1. The number of imidazole rings is 1. The average Bonchev–Trinajstić information content (AvgIpc) is 2.77. The van der Waals surface area contributed by atoms with Crippen LogP contribution in [0.25, 0.3) is 0 Å². The molecule has 1 fully saturated rings. The predicted octanol–water partition coefficient (Wildman–Crippen LogP) is 0.177. The lowest BCUT2D eigenvalue weighted by Gasteiger charge is -2.12. The van der Waals surface area contributed by atoms with Crippen molar-refractivity contribution in [1.82, 2.24) is 19.8 Å². The summed E-state index contributed by atoms with van der Waals surface area (Å²) in [6.07, 6.45) is 6.97. The first-order chi connectivity index (χ1) is 6.84. The van der Waals surface area contributed by atoms with Gasteiger partial charge in [-0.15, -0.1) is 0 Å². The van der Waals surface area contributed by atoms with Gasteiger partial charge in [0.05, 0.1) is 6.33 Å². The SMILES string of the molecule is CN1CCC(NCCn2ccnc2)C1. The Morgan fingerprint density at radius 3 is 3.14 bits per heavy atom. The van der Waals surface area contributed by atoms with Gasteiger partial charge in [-0.1, -0.05) is 0 Å². The Morgan fingerprint density at radius 2 is 2.50 bits per heavy atom. The topological polar surface area (TPSA) is 33.1 Å². The fraction of sp³-hybridized carbons (Fsp3) is 0.700. The number of hydrogen-bond acceptors (Lipinski definition) is 3. The molecule has 0 aromatic carbocycles. The van der Waals surface area contributed by atoms with Gasteiger partial charge in [0.1, 0.15) is 0 Å². The van der Waals surface area contributed by atoms with Crippen LogP contribution in [0.2, 0.25) is 0 Å². The number of nitrogens with zero attached hydrogens (tertiary/aromatic N) is 3. The molecular weight excluding hydrogens is 176 g/mol. The molecule has 1 N–H and O–H groups in total. The van der Waals surface area contributed by atoms with Gasteiger partial charge in [-0.25, -0.2) is 4.98 Å². The van der Waals surface area contributed by atoms with Crippen molar-refractivity contribution in [2.75, 3.05) is 26.7 Å². The van der Waals surface area contributed by atoms with Gasteiger partial charge >= 0.3 is 0 Å². The molecule has 0 saturated carbocycles. The summed E-state index contributed by atoms with van der Waals surface area (Å²) in [6, 6.07) is 0.684. The van der Waals surface area contributed by atoms with Crippen LogP contribution in [0.1, 0.15) is 6.42 Å². The maximum Gasteiger partial charge on any atom is 0.0946 e. The second kappa shape index (κ2) is 4.57. The van der Waals surface area contributed by atoms with Gasteiger partial charge in [0.2, 0.25) is 0 Å². The lowest BCUT2D eigenvalue weighted by molar-refractivity contribution is 0.396. The highest BCUT2D eigenvalue weighted by atomic mass is 15.2. The predicted molar refractivity (Wildman–Crippen MR) is 56.1 cm³/mol. The highest BCUT2D eigenvalue weighted by Crippen LogP contribution is 2.05. The second-order valence-corrected chi connectivity index (χ2v) is 4.00. The fourth-order valence-corrected chi connectivity index (χ4v) is 1.92. The van der Waals surface area contributed by atoms with E-state index in [2.05, 4.69) is 26.8 Å². The molecule has 2 rings (SSSR count). The van der Waals surface area contributed by atoms with Gasteiger partial charge in [-0.2, -0.15) is 0 Å². The summed E-state index contributed by atoms with van der Waals surface area (Å²) >= 11 is 0. The zero-order valence-electron chi connectivity index (χ0n) is 8.69. The first kappa shape index (κ1) is 9.68. The van der Waals surface area contributed by atoms with E-state index in [-0.39, 0.29) is 0 Å². The summed E-state index contributed by atoms with van der Waals surface area (Å²) in [6.45, 7) is 4.46. The molecule has 0 radical (unpaired) electrons. The van der Waals surface area contributed by atoms with Gasteiger partial charge in [0, 0.05) is 38.1 Å². The Balaban J connectivity index is 1.64. The summed E-state index contributed by atoms with van der Waals surface area (Å²) in [4.78, 5) is 6.38. The Labute approximate surface area is 84.9 Å². The molecule has 4 nitrogen and oxygen atoms in total. The van der Waals surface area contributed by atoms with E-state index in [1.165, 1.54) is 19.5 Å². The molecule has 1 aromatic rings. The standard InChI is InChI=1S/C10H18N4/c1-13-5-2-10(8-13)12-4-7-14-6-3-11-9-14/h3,6,9-10,12H,2,4-5,7-8H2,1H3. The molecule has 2 heterocycles. The molecule has 1 aliphatic heterocycles. The molecule has 0 spiro atoms. The van der Waals surface area contributed by atoms with E-state index in [1.807, 2.05) is 18.7 Å². The number of hydrogen-bond donors (Lipinski definition) is 1. The molecule has 78 valence electrons. The third-order valence-electron chi connectivity index (χ3n) is 2.75. The third kappa shape index (κ3) is 2.56. The Kier molecular flexibility index (Phi) is 3.16. The largest absolute Gasteiger partial charge is 0.336 e. The normalized spacial score (nSPS) is 23.1. The minimum absolute atomic E-state index is 0.684. The van der Waals surface area contributed by atoms with E-state index in [9.17, 15) is 0 Å². The zero-order chi connectivity index (χ0) is 9.80. The van der Waals surface area contributed by atoms with Crippen LogP contribution >= 0.6 is 0 Å². The van der Waals surface area contributed by atoms with Crippen molar-refractivity contribution in [2.24, 2.45) is 0 Å². The van der Waals surface area contributed by atoms with Crippen molar-refractivity contribution in [1.29, 1.82) is 0 Å².